The van der Waals surface area contributed by atoms with Gasteiger partial charge in [-0.25, -0.2) is 0 Å². The lowest BCUT2D eigenvalue weighted by molar-refractivity contribution is -0.121. The molecule has 130 valence electrons. The predicted octanol–water partition coefficient (Wildman–Crippen LogP) is 2.49. The molecular formula is C17H20N6OS. The van der Waals surface area contributed by atoms with Crippen molar-refractivity contribution in [1.82, 2.24) is 25.5 Å². The third-order valence-corrected chi connectivity index (χ3v) is 5.41. The fourth-order valence-corrected chi connectivity index (χ4v) is 3.76. The second kappa shape index (κ2) is 7.66. The molecule has 8 heteroatoms. The number of rotatable bonds is 5. The highest BCUT2D eigenvalue weighted by Crippen LogP contribution is 2.29. The van der Waals surface area contributed by atoms with E-state index in [0.717, 1.165) is 24.9 Å². The predicted molar refractivity (Wildman–Crippen MR) is 94.0 cm³/mol. The minimum Gasteiger partial charge on any atom is -0.337 e. The molecule has 1 N–H and O–H groups in total. The van der Waals surface area contributed by atoms with E-state index in [1.165, 1.54) is 11.8 Å². The number of aromatic nitrogens is 4. The number of carbonyl (C=O) groups excluding carboxylic acids is 1. The van der Waals surface area contributed by atoms with Crippen LogP contribution in [-0.4, -0.2) is 36.9 Å². The van der Waals surface area contributed by atoms with Gasteiger partial charge in [0.25, 0.3) is 0 Å². The summed E-state index contributed by atoms with van der Waals surface area (Å²) in [5.41, 5.74) is 0.110. The van der Waals surface area contributed by atoms with Crippen molar-refractivity contribution in [3.8, 4) is 11.8 Å². The fourth-order valence-electron chi connectivity index (χ4n) is 2.95. The van der Waals surface area contributed by atoms with Crippen LogP contribution < -0.4 is 5.32 Å². The number of para-hydroxylation sites is 1. The first-order valence-corrected chi connectivity index (χ1v) is 9.25. The summed E-state index contributed by atoms with van der Waals surface area (Å²) in [4.78, 5) is 12.6. The molecule has 25 heavy (non-hydrogen) atoms. The average Bonchev–Trinajstić information content (AvgIpc) is 3.11. The minimum absolute atomic E-state index is 0.156. The Morgan fingerprint density at radius 3 is 2.72 bits per heavy atom. The summed E-state index contributed by atoms with van der Waals surface area (Å²) in [7, 11) is 0. The molecule has 1 fully saturated rings. The number of hydrogen-bond acceptors (Lipinski definition) is 6. The second-order valence-electron chi connectivity index (χ2n) is 6.21. The molecule has 3 rings (SSSR count). The van der Waals surface area contributed by atoms with Crippen molar-refractivity contribution in [3.63, 3.8) is 0 Å². The van der Waals surface area contributed by atoms with Crippen LogP contribution in [0.15, 0.2) is 35.5 Å². The van der Waals surface area contributed by atoms with Crippen LogP contribution in [0.2, 0.25) is 0 Å². The van der Waals surface area contributed by atoms with E-state index in [-0.39, 0.29) is 5.91 Å². The molecule has 0 saturated heterocycles. The van der Waals surface area contributed by atoms with E-state index >= 15 is 0 Å². The maximum absolute atomic E-state index is 12.6. The smallest absolute Gasteiger partial charge is 0.234 e. The molecule has 1 atom stereocenters. The third kappa shape index (κ3) is 3.99. The van der Waals surface area contributed by atoms with E-state index in [0.29, 0.717) is 18.0 Å². The van der Waals surface area contributed by atoms with Gasteiger partial charge in [-0.2, -0.15) is 9.94 Å². The summed E-state index contributed by atoms with van der Waals surface area (Å²) in [5, 5.41) is 24.3. The van der Waals surface area contributed by atoms with Gasteiger partial charge in [0.05, 0.1) is 17.0 Å². The highest BCUT2D eigenvalue weighted by Gasteiger charge is 2.35. The Bertz CT molecular complexity index is 763. The normalized spacial score (nSPS) is 17.4. The first kappa shape index (κ1) is 17.4. The van der Waals surface area contributed by atoms with E-state index in [2.05, 4.69) is 26.9 Å². The topological polar surface area (TPSA) is 96.5 Å². The molecule has 0 radical (unpaired) electrons. The molecule has 0 aliphatic heterocycles. The van der Waals surface area contributed by atoms with Gasteiger partial charge in [-0.3, -0.25) is 4.79 Å². The Kier molecular flexibility index (Phi) is 5.34. The van der Waals surface area contributed by atoms with Gasteiger partial charge in [0, 0.05) is 0 Å². The van der Waals surface area contributed by atoms with Gasteiger partial charge < -0.3 is 5.32 Å². The Hall–Kier alpha value is -2.40. The molecule has 0 bridgehead atoms. The first-order valence-electron chi connectivity index (χ1n) is 8.37. The van der Waals surface area contributed by atoms with Crippen LogP contribution in [0.3, 0.4) is 0 Å². The van der Waals surface area contributed by atoms with Crippen LogP contribution in [0, 0.1) is 11.3 Å². The van der Waals surface area contributed by atoms with Gasteiger partial charge in [-0.05, 0) is 42.3 Å². The van der Waals surface area contributed by atoms with Crippen LogP contribution in [0.1, 0.15) is 39.0 Å². The number of nitrogens with zero attached hydrogens (tertiary/aromatic N) is 5. The number of nitriles is 1. The Morgan fingerprint density at radius 2 is 2.04 bits per heavy atom. The monoisotopic (exact) mass is 356 g/mol. The van der Waals surface area contributed by atoms with Crippen LogP contribution in [0.25, 0.3) is 5.69 Å². The highest BCUT2D eigenvalue weighted by atomic mass is 32.2. The van der Waals surface area contributed by atoms with Crippen molar-refractivity contribution in [2.75, 3.05) is 0 Å². The van der Waals surface area contributed by atoms with Crippen LogP contribution >= 0.6 is 11.8 Å². The highest BCUT2D eigenvalue weighted by molar-refractivity contribution is 8.00. The lowest BCUT2D eigenvalue weighted by Gasteiger charge is -2.32. The largest absolute Gasteiger partial charge is 0.337 e. The van der Waals surface area contributed by atoms with Gasteiger partial charge in [-0.1, -0.05) is 49.2 Å². The number of nitrogens with one attached hydrogen (secondary N) is 1. The summed E-state index contributed by atoms with van der Waals surface area (Å²) < 4.78 is 1.61. The quantitative estimate of drug-likeness (QED) is 0.827. The van der Waals surface area contributed by atoms with E-state index in [9.17, 15) is 10.1 Å². The van der Waals surface area contributed by atoms with Crippen LogP contribution in [-0.2, 0) is 4.79 Å². The standard InChI is InChI=1S/C17H20N6OS/c1-13(15(24)19-17(12-18)10-6-3-7-11-17)25-16-20-21-22-23(16)14-8-4-2-5-9-14/h2,4-5,8-9,13H,3,6-7,10-11H2,1H3,(H,19,24). The molecule has 1 amide bonds. The molecule has 1 aromatic heterocycles. The molecule has 1 aliphatic carbocycles. The molecule has 1 saturated carbocycles. The summed E-state index contributed by atoms with van der Waals surface area (Å²) >= 11 is 1.28. The number of hydrogen-bond donors (Lipinski definition) is 1. The zero-order valence-electron chi connectivity index (χ0n) is 14.1. The van der Waals surface area contributed by atoms with Gasteiger partial charge in [0.1, 0.15) is 5.54 Å². The average molecular weight is 356 g/mol. The summed E-state index contributed by atoms with van der Waals surface area (Å²) in [6.07, 6.45) is 4.50. The molecule has 1 aliphatic rings. The number of tetrazole rings is 1. The first-order chi connectivity index (χ1) is 12.1. The number of thioether (sulfide) groups is 1. The van der Waals surface area contributed by atoms with E-state index in [1.807, 2.05) is 30.3 Å². The number of benzene rings is 1. The molecular weight excluding hydrogens is 336 g/mol. The summed E-state index contributed by atoms with van der Waals surface area (Å²) in [6, 6.07) is 11.8. The van der Waals surface area contributed by atoms with Crippen molar-refractivity contribution in [2.45, 2.75) is 55.0 Å². The van der Waals surface area contributed by atoms with E-state index in [1.54, 1.807) is 11.6 Å². The van der Waals surface area contributed by atoms with Gasteiger partial charge in [-0.15, -0.1) is 5.10 Å². The molecule has 1 unspecified atom stereocenters. The minimum atomic E-state index is -0.727. The van der Waals surface area contributed by atoms with E-state index < -0.39 is 10.8 Å². The third-order valence-electron chi connectivity index (χ3n) is 4.38. The zero-order chi connectivity index (χ0) is 17.7. The van der Waals surface area contributed by atoms with Gasteiger partial charge in [0.15, 0.2) is 0 Å². The molecule has 7 nitrogen and oxygen atoms in total. The molecule has 0 spiro atoms. The summed E-state index contributed by atoms with van der Waals surface area (Å²) in [5.74, 6) is -0.156. The SMILES string of the molecule is CC(Sc1nnnn1-c1ccccc1)C(=O)NC1(C#N)CCCCC1. The van der Waals surface area contributed by atoms with Crippen molar-refractivity contribution < 1.29 is 4.79 Å². The van der Waals surface area contributed by atoms with Gasteiger partial charge in [0.2, 0.25) is 11.1 Å². The lowest BCUT2D eigenvalue weighted by atomic mass is 9.83. The van der Waals surface area contributed by atoms with E-state index in [4.69, 9.17) is 0 Å². The van der Waals surface area contributed by atoms with Crippen molar-refractivity contribution >= 4 is 17.7 Å². The zero-order valence-corrected chi connectivity index (χ0v) is 14.9. The Labute approximate surface area is 150 Å². The summed E-state index contributed by atoms with van der Waals surface area (Å²) in [6.45, 7) is 1.80. The number of amides is 1. The molecule has 2 aromatic rings. The lowest BCUT2D eigenvalue weighted by Crippen LogP contribution is -2.50. The van der Waals surface area contributed by atoms with Crippen molar-refractivity contribution in [1.29, 1.82) is 5.26 Å². The van der Waals surface area contributed by atoms with Crippen molar-refractivity contribution in [2.24, 2.45) is 0 Å². The molecule has 1 aromatic carbocycles. The maximum atomic E-state index is 12.6. The van der Waals surface area contributed by atoms with Crippen LogP contribution in [0.4, 0.5) is 0 Å². The fraction of sp³-hybridized carbons (Fsp3) is 0.471. The van der Waals surface area contributed by atoms with Crippen LogP contribution in [0.5, 0.6) is 0 Å². The Morgan fingerprint density at radius 1 is 1.32 bits per heavy atom. The number of carbonyl (C=O) groups is 1. The molecule has 1 heterocycles. The Balaban J connectivity index is 1.69. The maximum Gasteiger partial charge on any atom is 0.234 e. The van der Waals surface area contributed by atoms with Crippen molar-refractivity contribution in [3.05, 3.63) is 30.3 Å². The van der Waals surface area contributed by atoms with Gasteiger partial charge >= 0.3 is 0 Å². The second-order valence-corrected chi connectivity index (χ2v) is 7.52.